The van der Waals surface area contributed by atoms with Crippen LogP contribution in [0.4, 0.5) is 5.13 Å². The van der Waals surface area contributed by atoms with Crippen LogP contribution in [0, 0.1) is 0 Å². The molecule has 1 N–H and O–H groups in total. The lowest BCUT2D eigenvalue weighted by Gasteiger charge is -2.05. The van der Waals surface area contributed by atoms with Gasteiger partial charge in [0.15, 0.2) is 10.9 Å². The predicted molar refractivity (Wildman–Crippen MR) is 71.6 cm³/mol. The Morgan fingerprint density at radius 2 is 2.26 bits per heavy atom. The number of anilines is 1. The molecule has 1 aliphatic rings. The monoisotopic (exact) mass is 273 g/mol. The Hall–Kier alpha value is -2.08. The Balaban J connectivity index is 1.81. The van der Waals surface area contributed by atoms with E-state index in [1.54, 1.807) is 18.3 Å². The SMILES string of the molecule is O=C(Nc1nc2c(s1)C(=O)CCC2)c1cccnc1. The minimum Gasteiger partial charge on any atom is -0.298 e. The van der Waals surface area contributed by atoms with Crippen LogP contribution in [-0.4, -0.2) is 21.7 Å². The van der Waals surface area contributed by atoms with E-state index < -0.39 is 0 Å². The zero-order valence-electron chi connectivity index (χ0n) is 10.0. The number of nitrogens with zero attached hydrogens (tertiary/aromatic N) is 2. The van der Waals surface area contributed by atoms with Gasteiger partial charge in [0.05, 0.1) is 16.1 Å². The van der Waals surface area contributed by atoms with Crippen LogP contribution in [-0.2, 0) is 6.42 Å². The molecule has 0 unspecified atom stereocenters. The smallest absolute Gasteiger partial charge is 0.259 e. The first-order valence-corrected chi connectivity index (χ1v) is 6.80. The van der Waals surface area contributed by atoms with Crippen LogP contribution in [0.1, 0.15) is 38.6 Å². The van der Waals surface area contributed by atoms with E-state index >= 15 is 0 Å². The van der Waals surface area contributed by atoms with Crippen molar-refractivity contribution in [2.45, 2.75) is 19.3 Å². The molecule has 2 aromatic heterocycles. The average molecular weight is 273 g/mol. The Bertz CT molecular complexity index is 637. The van der Waals surface area contributed by atoms with Gasteiger partial charge in [0.2, 0.25) is 0 Å². The fourth-order valence-electron chi connectivity index (χ4n) is 1.99. The number of carbonyl (C=O) groups is 2. The van der Waals surface area contributed by atoms with E-state index in [1.807, 2.05) is 0 Å². The van der Waals surface area contributed by atoms with Crippen molar-refractivity contribution in [3.05, 3.63) is 40.7 Å². The van der Waals surface area contributed by atoms with Crippen LogP contribution < -0.4 is 5.32 Å². The van der Waals surface area contributed by atoms with Crippen molar-refractivity contribution in [1.29, 1.82) is 0 Å². The number of pyridine rings is 1. The first kappa shape index (κ1) is 12.0. The number of carbonyl (C=O) groups excluding carboxylic acids is 2. The van der Waals surface area contributed by atoms with Crippen LogP contribution in [0.25, 0.3) is 0 Å². The predicted octanol–water partition coefficient (Wildman–Crippen LogP) is 2.31. The molecule has 19 heavy (non-hydrogen) atoms. The second-order valence-corrected chi connectivity index (χ2v) is 5.27. The highest BCUT2D eigenvalue weighted by molar-refractivity contribution is 7.17. The Morgan fingerprint density at radius 3 is 3.00 bits per heavy atom. The molecule has 0 bridgehead atoms. The molecule has 2 heterocycles. The van der Waals surface area contributed by atoms with Gasteiger partial charge < -0.3 is 0 Å². The maximum absolute atomic E-state index is 11.9. The summed E-state index contributed by atoms with van der Waals surface area (Å²) >= 11 is 1.25. The number of nitrogens with one attached hydrogen (secondary N) is 1. The standard InChI is InChI=1S/C13H11N3O2S/c17-10-5-1-4-9-11(10)19-13(15-9)16-12(18)8-3-2-6-14-7-8/h2-3,6-7H,1,4-5H2,(H,15,16,18). The van der Waals surface area contributed by atoms with Gasteiger partial charge in [0.25, 0.3) is 5.91 Å². The van der Waals surface area contributed by atoms with E-state index in [1.165, 1.54) is 17.5 Å². The number of amides is 1. The van der Waals surface area contributed by atoms with Crippen LogP contribution in [0.15, 0.2) is 24.5 Å². The molecule has 5 nitrogen and oxygen atoms in total. The zero-order valence-corrected chi connectivity index (χ0v) is 10.9. The lowest BCUT2D eigenvalue weighted by Crippen LogP contribution is -2.11. The molecule has 0 atom stereocenters. The van der Waals surface area contributed by atoms with Gasteiger partial charge in [-0.3, -0.25) is 19.9 Å². The molecular weight excluding hydrogens is 262 g/mol. The molecule has 0 aliphatic heterocycles. The third kappa shape index (κ3) is 2.39. The van der Waals surface area contributed by atoms with E-state index in [0.717, 1.165) is 18.5 Å². The summed E-state index contributed by atoms with van der Waals surface area (Å²) in [6.45, 7) is 0. The average Bonchev–Trinajstić information content (AvgIpc) is 2.84. The second-order valence-electron chi connectivity index (χ2n) is 4.27. The van der Waals surface area contributed by atoms with Crippen molar-refractivity contribution in [3.63, 3.8) is 0 Å². The summed E-state index contributed by atoms with van der Waals surface area (Å²) in [6.07, 6.45) is 5.32. The number of aryl methyl sites for hydroxylation is 1. The van der Waals surface area contributed by atoms with Crippen molar-refractivity contribution in [1.82, 2.24) is 9.97 Å². The van der Waals surface area contributed by atoms with Crippen molar-refractivity contribution in [2.24, 2.45) is 0 Å². The zero-order chi connectivity index (χ0) is 13.2. The van der Waals surface area contributed by atoms with Gasteiger partial charge in [0.1, 0.15) is 0 Å². The van der Waals surface area contributed by atoms with Crippen LogP contribution in [0.5, 0.6) is 0 Å². The summed E-state index contributed by atoms with van der Waals surface area (Å²) in [7, 11) is 0. The van der Waals surface area contributed by atoms with Crippen molar-refractivity contribution in [3.8, 4) is 0 Å². The first-order valence-electron chi connectivity index (χ1n) is 5.98. The normalized spacial score (nSPS) is 14.0. The second kappa shape index (κ2) is 4.89. The number of ketones is 1. The van der Waals surface area contributed by atoms with Gasteiger partial charge in [-0.05, 0) is 25.0 Å². The highest BCUT2D eigenvalue weighted by Crippen LogP contribution is 2.29. The molecule has 0 saturated heterocycles. The van der Waals surface area contributed by atoms with Crippen LogP contribution in [0.2, 0.25) is 0 Å². The quantitative estimate of drug-likeness (QED) is 0.911. The topological polar surface area (TPSA) is 72.0 Å². The minimum atomic E-state index is -0.258. The highest BCUT2D eigenvalue weighted by atomic mass is 32.1. The number of rotatable bonds is 2. The number of hydrogen-bond acceptors (Lipinski definition) is 5. The van der Waals surface area contributed by atoms with Gasteiger partial charge in [-0.15, -0.1) is 0 Å². The number of Topliss-reactive ketones (excluding diaryl/α,β-unsaturated/α-hetero) is 1. The maximum atomic E-state index is 11.9. The third-order valence-electron chi connectivity index (χ3n) is 2.91. The summed E-state index contributed by atoms with van der Waals surface area (Å²) in [5, 5.41) is 3.19. The Morgan fingerprint density at radius 1 is 1.37 bits per heavy atom. The molecule has 0 saturated carbocycles. The number of aromatic nitrogens is 2. The van der Waals surface area contributed by atoms with Crippen LogP contribution in [0.3, 0.4) is 0 Å². The maximum Gasteiger partial charge on any atom is 0.259 e. The third-order valence-corrected chi connectivity index (χ3v) is 3.97. The first-order chi connectivity index (χ1) is 9.24. The molecule has 1 amide bonds. The van der Waals surface area contributed by atoms with Crippen molar-refractivity contribution in [2.75, 3.05) is 5.32 Å². The summed E-state index contributed by atoms with van der Waals surface area (Å²) in [5.41, 5.74) is 1.28. The minimum absolute atomic E-state index is 0.126. The summed E-state index contributed by atoms with van der Waals surface area (Å²) in [4.78, 5) is 32.5. The number of hydrogen-bond donors (Lipinski definition) is 1. The van der Waals surface area contributed by atoms with Crippen LogP contribution >= 0.6 is 11.3 Å². The molecular formula is C13H11N3O2S. The summed E-state index contributed by atoms with van der Waals surface area (Å²) < 4.78 is 0. The van der Waals surface area contributed by atoms with Gasteiger partial charge in [-0.2, -0.15) is 0 Å². The molecule has 2 aromatic rings. The lowest BCUT2D eigenvalue weighted by atomic mass is 10.0. The summed E-state index contributed by atoms with van der Waals surface area (Å²) in [6, 6.07) is 3.38. The molecule has 6 heteroatoms. The molecule has 1 aliphatic carbocycles. The summed E-state index contributed by atoms with van der Waals surface area (Å²) in [5.74, 6) is -0.132. The lowest BCUT2D eigenvalue weighted by molar-refractivity contribution is 0.0975. The van der Waals surface area contributed by atoms with Crippen molar-refractivity contribution < 1.29 is 9.59 Å². The van der Waals surface area contributed by atoms with Gasteiger partial charge in [0, 0.05) is 18.8 Å². The largest absolute Gasteiger partial charge is 0.298 e. The van der Waals surface area contributed by atoms with E-state index in [9.17, 15) is 9.59 Å². The molecule has 0 spiro atoms. The number of fused-ring (bicyclic) bond motifs is 1. The van der Waals surface area contributed by atoms with E-state index in [-0.39, 0.29) is 11.7 Å². The molecule has 3 rings (SSSR count). The fraction of sp³-hybridized carbons (Fsp3) is 0.231. The Labute approximate surface area is 113 Å². The molecule has 96 valence electrons. The van der Waals surface area contributed by atoms with E-state index in [2.05, 4.69) is 15.3 Å². The number of thiazole rings is 1. The van der Waals surface area contributed by atoms with E-state index in [4.69, 9.17) is 0 Å². The molecule has 0 radical (unpaired) electrons. The Kier molecular flexibility index (Phi) is 3.08. The van der Waals surface area contributed by atoms with Crippen molar-refractivity contribution >= 4 is 28.2 Å². The van der Waals surface area contributed by atoms with Gasteiger partial charge in [-0.25, -0.2) is 4.98 Å². The van der Waals surface area contributed by atoms with Gasteiger partial charge >= 0.3 is 0 Å². The fourth-order valence-corrected chi connectivity index (χ4v) is 2.96. The molecule has 0 fully saturated rings. The van der Waals surface area contributed by atoms with E-state index in [0.29, 0.717) is 22.0 Å². The van der Waals surface area contributed by atoms with Gasteiger partial charge in [-0.1, -0.05) is 11.3 Å². The highest BCUT2D eigenvalue weighted by Gasteiger charge is 2.22. The molecule has 0 aromatic carbocycles.